The van der Waals surface area contributed by atoms with Gasteiger partial charge in [0.25, 0.3) is 5.91 Å². The molecule has 1 saturated heterocycles. The molecule has 0 radical (unpaired) electrons. The van der Waals surface area contributed by atoms with Crippen LogP contribution in [0.25, 0.3) is 0 Å². The van der Waals surface area contributed by atoms with Crippen molar-refractivity contribution in [3.05, 3.63) is 22.8 Å². The zero-order valence-electron chi connectivity index (χ0n) is 15.1. The van der Waals surface area contributed by atoms with E-state index in [1.165, 1.54) is 4.90 Å². The van der Waals surface area contributed by atoms with Crippen molar-refractivity contribution in [2.45, 2.75) is 45.8 Å². The van der Waals surface area contributed by atoms with Gasteiger partial charge in [-0.15, -0.1) is 0 Å². The third-order valence-electron chi connectivity index (χ3n) is 4.16. The molecule has 1 aromatic rings. The van der Waals surface area contributed by atoms with Gasteiger partial charge < -0.3 is 10.6 Å². The number of aromatic nitrogens is 1. The van der Waals surface area contributed by atoms with E-state index in [0.717, 1.165) is 6.07 Å². The zero-order valence-corrected chi connectivity index (χ0v) is 15.9. The maximum Gasteiger partial charge on any atom is 0.417 e. The Hall–Kier alpha value is -2.16. The van der Waals surface area contributed by atoms with Crippen LogP contribution < -0.4 is 10.6 Å². The summed E-state index contributed by atoms with van der Waals surface area (Å²) in [5, 5.41) is -0.206. The highest BCUT2D eigenvalue weighted by molar-refractivity contribution is 6.33. The fraction of sp³-hybridized carbons (Fsp3) is 0.529. The summed E-state index contributed by atoms with van der Waals surface area (Å²) in [4.78, 5) is 33.2. The van der Waals surface area contributed by atoms with Gasteiger partial charge >= 0.3 is 6.18 Å². The fourth-order valence-corrected chi connectivity index (χ4v) is 2.65. The highest BCUT2D eigenvalue weighted by atomic mass is 35.5. The molecule has 2 rings (SSSR count). The lowest BCUT2D eigenvalue weighted by Crippen LogP contribution is -2.53. The molecule has 6 nitrogen and oxygen atoms in total. The number of Topliss-reactive ketones (excluding diaryl/α,β-unsaturated/α-hetero) is 1. The van der Waals surface area contributed by atoms with Crippen molar-refractivity contribution < 1.29 is 22.8 Å². The molecule has 1 aliphatic rings. The summed E-state index contributed by atoms with van der Waals surface area (Å²) in [7, 11) is 0. The van der Waals surface area contributed by atoms with Crippen LogP contribution >= 0.6 is 11.6 Å². The Morgan fingerprint density at radius 3 is 2.44 bits per heavy atom. The number of amides is 1. The van der Waals surface area contributed by atoms with E-state index in [-0.39, 0.29) is 28.9 Å². The molecule has 1 atom stereocenters. The number of carbonyl (C=O) groups is 2. The molecular formula is C17H20ClF3N4O2. The average Bonchev–Trinajstić information content (AvgIpc) is 2.45. The van der Waals surface area contributed by atoms with Gasteiger partial charge in [-0.3, -0.25) is 9.59 Å². The van der Waals surface area contributed by atoms with E-state index in [1.807, 2.05) is 0 Å². The maximum absolute atomic E-state index is 12.7. The van der Waals surface area contributed by atoms with Crippen LogP contribution in [0.1, 0.15) is 39.2 Å². The van der Waals surface area contributed by atoms with Crippen molar-refractivity contribution >= 4 is 34.9 Å². The van der Waals surface area contributed by atoms with Gasteiger partial charge in [-0.2, -0.15) is 18.2 Å². The van der Waals surface area contributed by atoms with E-state index in [0.29, 0.717) is 19.2 Å². The van der Waals surface area contributed by atoms with Crippen molar-refractivity contribution in [3.8, 4) is 0 Å². The number of anilines is 1. The van der Waals surface area contributed by atoms with E-state index < -0.39 is 29.1 Å². The first-order valence-corrected chi connectivity index (χ1v) is 8.58. The maximum atomic E-state index is 12.7. The predicted octanol–water partition coefficient (Wildman–Crippen LogP) is 3.22. The van der Waals surface area contributed by atoms with E-state index >= 15 is 0 Å². The molecule has 2 heterocycles. The number of halogens is 4. The topological polar surface area (TPSA) is 88.7 Å². The van der Waals surface area contributed by atoms with Crippen LogP contribution in [0.3, 0.4) is 0 Å². The summed E-state index contributed by atoms with van der Waals surface area (Å²) < 4.78 is 38.1. The van der Waals surface area contributed by atoms with E-state index in [2.05, 4.69) is 9.98 Å². The summed E-state index contributed by atoms with van der Waals surface area (Å²) in [6.07, 6.45) is -3.61. The summed E-state index contributed by atoms with van der Waals surface area (Å²) >= 11 is 5.92. The molecule has 10 heteroatoms. The van der Waals surface area contributed by atoms with Crippen LogP contribution in [0, 0.1) is 5.41 Å². The summed E-state index contributed by atoms with van der Waals surface area (Å²) in [6, 6.07) is 0.0404. The number of hydrogen-bond acceptors (Lipinski definition) is 4. The summed E-state index contributed by atoms with van der Waals surface area (Å²) in [5.74, 6) is -0.764. The van der Waals surface area contributed by atoms with Crippen LogP contribution in [0.5, 0.6) is 0 Å². The molecule has 1 unspecified atom stereocenters. The Balaban J connectivity index is 2.12. The zero-order chi connectivity index (χ0) is 20.6. The van der Waals surface area contributed by atoms with Crippen LogP contribution in [-0.4, -0.2) is 35.1 Å². The molecule has 0 spiro atoms. The lowest BCUT2D eigenvalue weighted by molar-refractivity contribution is -0.137. The number of nitrogens with two attached hydrogens (primary N) is 1. The second kappa shape index (κ2) is 7.46. The highest BCUT2D eigenvalue weighted by Crippen LogP contribution is 2.36. The lowest BCUT2D eigenvalue weighted by atomic mass is 9.89. The van der Waals surface area contributed by atoms with Crippen molar-refractivity contribution in [1.29, 1.82) is 0 Å². The van der Waals surface area contributed by atoms with Gasteiger partial charge in [0.05, 0.1) is 17.0 Å². The normalized spacial score (nSPS) is 18.3. The number of nitrogens with zero attached hydrogens (tertiary/aromatic N) is 3. The lowest BCUT2D eigenvalue weighted by Gasteiger charge is -2.40. The van der Waals surface area contributed by atoms with Crippen LogP contribution in [0.4, 0.5) is 19.0 Å². The smallest absolute Gasteiger partial charge is 0.387 e. The molecule has 1 aliphatic heterocycles. The molecule has 0 aromatic carbocycles. The third kappa shape index (κ3) is 4.97. The van der Waals surface area contributed by atoms with Gasteiger partial charge in [0, 0.05) is 18.2 Å². The molecule has 148 valence electrons. The fourth-order valence-electron chi connectivity index (χ4n) is 2.38. The summed E-state index contributed by atoms with van der Waals surface area (Å²) in [5.41, 5.74) is 4.12. The molecule has 0 aliphatic carbocycles. The first kappa shape index (κ1) is 21.1. The molecular weight excluding hydrogens is 385 g/mol. The van der Waals surface area contributed by atoms with Crippen molar-refractivity contribution in [2.75, 3.05) is 11.4 Å². The molecule has 1 aromatic heterocycles. The SMILES string of the molecule is CC(C)(C)C(=O)CC(N)=NC(=O)C1CCN1c1ncc(C(F)(F)F)cc1Cl. The number of carbonyl (C=O) groups excluding carboxylic acids is 2. The van der Waals surface area contributed by atoms with Crippen molar-refractivity contribution in [1.82, 2.24) is 4.98 Å². The second-order valence-corrected chi connectivity index (χ2v) is 7.72. The van der Waals surface area contributed by atoms with Crippen molar-refractivity contribution in [3.63, 3.8) is 0 Å². The average molecular weight is 405 g/mol. The predicted molar refractivity (Wildman–Crippen MR) is 95.7 cm³/mol. The monoisotopic (exact) mass is 404 g/mol. The van der Waals surface area contributed by atoms with E-state index in [1.54, 1.807) is 20.8 Å². The van der Waals surface area contributed by atoms with Crippen molar-refractivity contribution in [2.24, 2.45) is 16.1 Å². The summed E-state index contributed by atoms with van der Waals surface area (Å²) in [6.45, 7) is 5.59. The molecule has 1 amide bonds. The molecule has 1 fully saturated rings. The first-order chi connectivity index (χ1) is 12.3. The van der Waals surface area contributed by atoms with Gasteiger partial charge in [-0.05, 0) is 12.5 Å². The minimum Gasteiger partial charge on any atom is -0.387 e. The Bertz CT molecular complexity index is 787. The number of ketones is 1. The van der Waals surface area contributed by atoms with E-state index in [4.69, 9.17) is 17.3 Å². The van der Waals surface area contributed by atoms with Crippen LogP contribution in [0.2, 0.25) is 5.02 Å². The van der Waals surface area contributed by atoms with Crippen LogP contribution in [-0.2, 0) is 15.8 Å². The number of rotatable bonds is 4. The Morgan fingerprint density at radius 1 is 1.37 bits per heavy atom. The third-order valence-corrected chi connectivity index (χ3v) is 4.44. The van der Waals surface area contributed by atoms with Gasteiger partial charge in [-0.1, -0.05) is 32.4 Å². The van der Waals surface area contributed by atoms with E-state index in [9.17, 15) is 22.8 Å². The Morgan fingerprint density at radius 2 is 2.00 bits per heavy atom. The number of amidine groups is 1. The molecule has 2 N–H and O–H groups in total. The first-order valence-electron chi connectivity index (χ1n) is 8.20. The highest BCUT2D eigenvalue weighted by Gasteiger charge is 2.38. The largest absolute Gasteiger partial charge is 0.417 e. The van der Waals surface area contributed by atoms with Gasteiger partial charge in [0.15, 0.2) is 0 Å². The Labute approximate surface area is 159 Å². The second-order valence-electron chi connectivity index (χ2n) is 7.32. The number of hydrogen-bond donors (Lipinski definition) is 1. The number of alkyl halides is 3. The molecule has 27 heavy (non-hydrogen) atoms. The van der Waals surface area contributed by atoms with Gasteiger partial charge in [-0.25, -0.2) is 4.98 Å². The molecule has 0 saturated carbocycles. The molecule has 0 bridgehead atoms. The minimum atomic E-state index is -4.56. The Kier molecular flexibility index (Phi) is 5.84. The standard InChI is InChI=1S/C17H20ClF3N4O2/c1-16(2,3)12(26)7-13(22)24-15(27)11-4-5-25(11)14-10(18)6-9(8-23-14)17(19,20)21/h6,8,11H,4-5,7H2,1-3H3,(H2,22,24,27). The van der Waals surface area contributed by atoms with Gasteiger partial charge in [0.2, 0.25) is 0 Å². The minimum absolute atomic E-state index is 0.0776. The van der Waals surface area contributed by atoms with Crippen LogP contribution in [0.15, 0.2) is 17.3 Å². The number of pyridine rings is 1. The number of aliphatic imine (C=N–C) groups is 1. The van der Waals surface area contributed by atoms with Gasteiger partial charge in [0.1, 0.15) is 23.5 Å². The quantitative estimate of drug-likeness (QED) is 0.614.